The summed E-state index contributed by atoms with van der Waals surface area (Å²) >= 11 is 0. The molecule has 0 radical (unpaired) electrons. The van der Waals surface area contributed by atoms with Crippen LogP contribution in [0.1, 0.15) is 55.7 Å². The van der Waals surface area contributed by atoms with E-state index in [4.69, 9.17) is 5.73 Å². The number of nitrogen functional groups attached to an aromatic ring is 1. The molecule has 0 aliphatic heterocycles. The highest BCUT2D eigenvalue weighted by Crippen LogP contribution is 2.06. The number of rotatable bonds is 0. The zero-order valence-electron chi connectivity index (χ0n) is 21.5. The van der Waals surface area contributed by atoms with E-state index in [-0.39, 0.29) is 22.3 Å². The maximum absolute atomic E-state index is 5.52. The molecule has 0 fully saturated rings. The number of para-hydroxylation sites is 1. The number of anilines is 1. The molecular weight excluding hydrogens is 436 g/mol. The van der Waals surface area contributed by atoms with E-state index in [1.165, 1.54) is 34.9 Å². The summed E-state index contributed by atoms with van der Waals surface area (Å²) in [4.78, 5) is 0. The number of benzene rings is 4. The van der Waals surface area contributed by atoms with Gasteiger partial charge in [0.1, 0.15) is 0 Å². The van der Waals surface area contributed by atoms with E-state index < -0.39 is 0 Å². The fraction of sp³-hybridized carbons (Fsp3) is 0.294. The summed E-state index contributed by atoms with van der Waals surface area (Å²) in [5, 5.41) is 0. The van der Waals surface area contributed by atoms with Gasteiger partial charge in [-0.25, -0.2) is 0 Å². The van der Waals surface area contributed by atoms with Crippen molar-refractivity contribution in [1.82, 2.24) is 0 Å². The summed E-state index contributed by atoms with van der Waals surface area (Å²) in [6.07, 6.45) is 0. The molecule has 0 unspecified atom stereocenters. The van der Waals surface area contributed by atoms with Crippen LogP contribution in [0.4, 0.5) is 5.69 Å². The molecule has 0 aromatic heterocycles. The van der Waals surface area contributed by atoms with Crippen LogP contribution in [0, 0.1) is 41.5 Å². The number of nitrogens with two attached hydrogens (primary N) is 2. The lowest BCUT2D eigenvalue weighted by atomic mass is 10.2. The Labute approximate surface area is 224 Å². The second-order valence-electron chi connectivity index (χ2n) is 7.82. The van der Waals surface area contributed by atoms with Crippen LogP contribution in [0.15, 0.2) is 103 Å². The van der Waals surface area contributed by atoms with Gasteiger partial charge in [0.05, 0.1) is 0 Å². The molecule has 0 aliphatic carbocycles. The third kappa shape index (κ3) is 21.2. The first-order valence-electron chi connectivity index (χ1n) is 11.2. The van der Waals surface area contributed by atoms with Crippen LogP contribution < -0.4 is 11.5 Å². The molecule has 0 atom stereocenters. The molecule has 0 heterocycles. The quantitative estimate of drug-likeness (QED) is 0.241. The number of hydrogen-bond acceptors (Lipinski definition) is 2. The predicted molar refractivity (Wildman–Crippen MR) is 169 cm³/mol. The van der Waals surface area contributed by atoms with Crippen LogP contribution in [-0.2, 0) is 0 Å². The SMILES string of the molecule is C.C.C.CN.Cc1ccc(C)cc1.Cc1cccc(C)c1.Cc1ccccc1.Cc1ccccc1N. The van der Waals surface area contributed by atoms with Gasteiger partial charge in [-0.1, -0.05) is 147 Å². The van der Waals surface area contributed by atoms with Gasteiger partial charge in [0.2, 0.25) is 0 Å². The van der Waals surface area contributed by atoms with Gasteiger partial charge >= 0.3 is 0 Å². The second kappa shape index (κ2) is 24.8. The molecule has 2 nitrogen and oxygen atoms in total. The molecular formula is C34H54N2. The highest BCUT2D eigenvalue weighted by atomic mass is 14.5. The Hall–Kier alpha value is -3.36. The van der Waals surface area contributed by atoms with Gasteiger partial charge in [0, 0.05) is 5.69 Å². The van der Waals surface area contributed by atoms with Gasteiger partial charge in [-0.3, -0.25) is 0 Å². The third-order valence-corrected chi connectivity index (χ3v) is 4.52. The van der Waals surface area contributed by atoms with Gasteiger partial charge in [-0.2, -0.15) is 0 Å². The van der Waals surface area contributed by atoms with Crippen LogP contribution in [0.25, 0.3) is 0 Å². The average Bonchev–Trinajstić information content (AvgIpc) is 2.81. The molecule has 0 aliphatic rings. The topological polar surface area (TPSA) is 52.0 Å². The maximum atomic E-state index is 5.52. The van der Waals surface area contributed by atoms with E-state index in [1.54, 1.807) is 0 Å². The van der Waals surface area contributed by atoms with E-state index in [2.05, 4.69) is 101 Å². The second-order valence-corrected chi connectivity index (χ2v) is 7.82. The summed E-state index contributed by atoms with van der Waals surface area (Å²) in [6.45, 7) is 12.5. The van der Waals surface area contributed by atoms with Gasteiger partial charge in [0.15, 0.2) is 0 Å². The Kier molecular flexibility index (Phi) is 27.4. The standard InChI is InChI=1S/2C8H10.C7H9N.C7H8.CH5N.3CH4/c1-7-3-5-8(2)6-4-7;1-7-4-3-5-8(2)6-7;1-6-4-2-3-5-7(6)8;1-7-5-3-2-4-6-7;1-2;;;/h2*3-6H,1-2H3;2-5H,8H2,1H3;2-6H,1H3;2H2,1H3;3*1H4. The lowest BCUT2D eigenvalue weighted by molar-refractivity contribution is 1.39. The predicted octanol–water partition coefficient (Wildman–Crippen LogP) is 9.66. The van der Waals surface area contributed by atoms with E-state index in [0.29, 0.717) is 0 Å². The molecule has 200 valence electrons. The first-order valence-corrected chi connectivity index (χ1v) is 11.2. The minimum Gasteiger partial charge on any atom is -0.399 e. The van der Waals surface area contributed by atoms with Crippen LogP contribution in [0.3, 0.4) is 0 Å². The zero-order valence-corrected chi connectivity index (χ0v) is 21.5. The molecule has 4 N–H and O–H groups in total. The van der Waals surface area contributed by atoms with Gasteiger partial charge < -0.3 is 11.5 Å². The minimum absolute atomic E-state index is 0. The molecule has 0 saturated heterocycles. The van der Waals surface area contributed by atoms with Crippen LogP contribution >= 0.6 is 0 Å². The molecule has 4 aromatic carbocycles. The van der Waals surface area contributed by atoms with E-state index in [0.717, 1.165) is 11.3 Å². The van der Waals surface area contributed by atoms with Gasteiger partial charge in [-0.15, -0.1) is 0 Å². The summed E-state index contributed by atoms with van der Waals surface area (Å²) in [6, 6.07) is 35.0. The summed E-state index contributed by atoms with van der Waals surface area (Å²) in [7, 11) is 1.50. The molecule has 0 saturated carbocycles. The molecule has 36 heavy (non-hydrogen) atoms. The third-order valence-electron chi connectivity index (χ3n) is 4.52. The average molecular weight is 491 g/mol. The minimum atomic E-state index is 0. The largest absolute Gasteiger partial charge is 0.399 e. The van der Waals surface area contributed by atoms with Crippen molar-refractivity contribution in [3.8, 4) is 0 Å². The van der Waals surface area contributed by atoms with Gasteiger partial charge in [0.25, 0.3) is 0 Å². The van der Waals surface area contributed by atoms with Crippen molar-refractivity contribution in [2.24, 2.45) is 5.73 Å². The summed E-state index contributed by atoms with van der Waals surface area (Å²) in [5.41, 5.74) is 18.7. The fourth-order valence-electron chi connectivity index (χ4n) is 2.57. The Bertz CT molecular complexity index is 932. The first-order chi connectivity index (χ1) is 15.8. The molecule has 4 rings (SSSR count). The number of aryl methyl sites for hydroxylation is 6. The maximum Gasteiger partial charge on any atom is 0.0343 e. The highest BCUT2D eigenvalue weighted by molar-refractivity contribution is 5.44. The lowest BCUT2D eigenvalue weighted by Crippen LogP contribution is -1.85. The van der Waals surface area contributed by atoms with Crippen LogP contribution in [0.5, 0.6) is 0 Å². The summed E-state index contributed by atoms with van der Waals surface area (Å²) in [5.74, 6) is 0. The van der Waals surface area contributed by atoms with Crippen molar-refractivity contribution in [3.63, 3.8) is 0 Å². The molecule has 2 heteroatoms. The van der Waals surface area contributed by atoms with Crippen molar-refractivity contribution in [2.45, 2.75) is 63.8 Å². The van der Waals surface area contributed by atoms with E-state index in [9.17, 15) is 0 Å². The Balaban J connectivity index is -0.000000180. The molecule has 4 aromatic rings. The summed E-state index contributed by atoms with van der Waals surface area (Å²) < 4.78 is 0. The normalized spacial score (nSPS) is 8.00. The van der Waals surface area contributed by atoms with Crippen molar-refractivity contribution < 1.29 is 0 Å². The van der Waals surface area contributed by atoms with E-state index >= 15 is 0 Å². The molecule has 0 bridgehead atoms. The van der Waals surface area contributed by atoms with Crippen molar-refractivity contribution >= 4 is 5.69 Å². The molecule has 0 spiro atoms. The fourth-order valence-corrected chi connectivity index (χ4v) is 2.57. The van der Waals surface area contributed by atoms with Crippen molar-refractivity contribution in [2.75, 3.05) is 12.8 Å². The number of hydrogen-bond donors (Lipinski definition) is 2. The Morgan fingerprint density at radius 1 is 0.389 bits per heavy atom. The lowest BCUT2D eigenvalue weighted by Gasteiger charge is -1.93. The first kappa shape index (κ1) is 39.8. The van der Waals surface area contributed by atoms with Crippen LogP contribution in [0.2, 0.25) is 0 Å². The van der Waals surface area contributed by atoms with Crippen molar-refractivity contribution in [1.29, 1.82) is 0 Å². The Morgan fingerprint density at radius 3 is 0.972 bits per heavy atom. The monoisotopic (exact) mass is 490 g/mol. The van der Waals surface area contributed by atoms with Crippen molar-refractivity contribution in [3.05, 3.63) is 137 Å². The van der Waals surface area contributed by atoms with Gasteiger partial charge in [-0.05, 0) is 60.2 Å². The Morgan fingerprint density at radius 2 is 0.722 bits per heavy atom. The highest BCUT2D eigenvalue weighted by Gasteiger charge is 1.84. The van der Waals surface area contributed by atoms with E-state index in [1.807, 2.05) is 49.4 Å². The molecule has 0 amide bonds. The zero-order chi connectivity index (χ0) is 25.1. The smallest absolute Gasteiger partial charge is 0.0343 e. The van der Waals surface area contributed by atoms with Crippen LogP contribution in [-0.4, -0.2) is 7.05 Å².